The zero-order valence-electron chi connectivity index (χ0n) is 18.7. The molecule has 2 aliphatic carbocycles. The van der Waals surface area contributed by atoms with Gasteiger partial charge in [-0.05, 0) is 94.1 Å². The number of nitrogens with zero attached hydrogens (tertiary/aromatic N) is 2. The molecule has 3 aliphatic rings. The fourth-order valence-corrected chi connectivity index (χ4v) is 5.57. The number of piperidine rings is 1. The van der Waals surface area contributed by atoms with Crippen molar-refractivity contribution in [3.8, 4) is 11.3 Å². The summed E-state index contributed by atoms with van der Waals surface area (Å²) in [6.45, 7) is 3.62. The molecule has 1 atom stereocenters. The molecule has 1 saturated carbocycles. The first-order valence-electron chi connectivity index (χ1n) is 12.1. The first-order valence-corrected chi connectivity index (χ1v) is 12.1. The molecule has 1 aliphatic heterocycles. The van der Waals surface area contributed by atoms with Crippen LogP contribution in [0.3, 0.4) is 0 Å². The molecule has 2 N–H and O–H groups in total. The summed E-state index contributed by atoms with van der Waals surface area (Å²) in [6.07, 6.45) is 13.5. The average molecular weight is 437 g/mol. The number of hydrogen-bond donors (Lipinski definition) is 2. The van der Waals surface area contributed by atoms with Crippen molar-refractivity contribution < 1.29 is 9.18 Å². The highest BCUT2D eigenvalue weighted by Gasteiger charge is 2.58. The van der Waals surface area contributed by atoms with Crippen molar-refractivity contribution in [2.45, 2.75) is 57.9 Å². The maximum atomic E-state index is 13.3. The summed E-state index contributed by atoms with van der Waals surface area (Å²) in [5.74, 6) is 0.238. The van der Waals surface area contributed by atoms with E-state index in [4.69, 9.17) is 0 Å². The number of likely N-dealkylation sites (tertiary alicyclic amines) is 1. The van der Waals surface area contributed by atoms with Gasteiger partial charge in [0.15, 0.2) is 0 Å². The number of carbonyl (C=O) groups is 1. The molecule has 170 valence electrons. The van der Waals surface area contributed by atoms with Crippen LogP contribution >= 0.6 is 0 Å². The van der Waals surface area contributed by atoms with Gasteiger partial charge in [-0.15, -0.1) is 0 Å². The second-order valence-electron chi connectivity index (χ2n) is 9.82. The lowest BCUT2D eigenvalue weighted by Crippen LogP contribution is -2.37. The molecule has 0 radical (unpaired) electrons. The molecule has 1 unspecified atom stereocenters. The minimum Gasteiger partial charge on any atom is -0.356 e. The maximum Gasteiger partial charge on any atom is 0.223 e. The van der Waals surface area contributed by atoms with Crippen LogP contribution in [-0.4, -0.2) is 40.6 Å². The first kappa shape index (κ1) is 21.4. The number of hydrogen-bond acceptors (Lipinski definition) is 3. The Kier molecular flexibility index (Phi) is 6.13. The fourth-order valence-electron chi connectivity index (χ4n) is 5.57. The molecule has 1 aromatic heterocycles. The number of benzene rings is 1. The van der Waals surface area contributed by atoms with E-state index in [-0.39, 0.29) is 23.1 Å². The van der Waals surface area contributed by atoms with Crippen molar-refractivity contribution in [2.75, 3.05) is 19.6 Å². The molecule has 2 fully saturated rings. The van der Waals surface area contributed by atoms with Crippen LogP contribution in [0.1, 0.15) is 56.9 Å². The summed E-state index contributed by atoms with van der Waals surface area (Å²) in [7, 11) is 0. The minimum absolute atomic E-state index is 0.202. The third-order valence-electron chi connectivity index (χ3n) is 7.73. The maximum absolute atomic E-state index is 13.3. The van der Waals surface area contributed by atoms with Gasteiger partial charge in [0.2, 0.25) is 5.91 Å². The molecule has 0 bridgehead atoms. The van der Waals surface area contributed by atoms with Crippen molar-refractivity contribution in [1.82, 2.24) is 20.4 Å². The van der Waals surface area contributed by atoms with Gasteiger partial charge in [0.05, 0.1) is 11.9 Å². The molecular weight excluding hydrogens is 403 g/mol. The van der Waals surface area contributed by atoms with Gasteiger partial charge in [-0.3, -0.25) is 14.8 Å². The Bertz CT molecular complexity index is 972. The lowest BCUT2D eigenvalue weighted by molar-refractivity contribution is -0.123. The molecule has 1 aromatic carbocycles. The molecule has 32 heavy (non-hydrogen) atoms. The second kappa shape index (κ2) is 9.18. The molecular formula is C26H33FN4O. The quantitative estimate of drug-likeness (QED) is 0.612. The Hall–Kier alpha value is -2.47. The summed E-state index contributed by atoms with van der Waals surface area (Å²) in [5.41, 5.74) is 4.79. The fraction of sp³-hybridized carbons (Fsp3) is 0.538. The van der Waals surface area contributed by atoms with E-state index in [1.54, 1.807) is 12.1 Å². The monoisotopic (exact) mass is 436 g/mol. The lowest BCUT2D eigenvalue weighted by Gasteiger charge is -2.32. The van der Waals surface area contributed by atoms with E-state index < -0.39 is 0 Å². The molecule has 5 rings (SSSR count). The number of aromatic amines is 1. The third-order valence-corrected chi connectivity index (χ3v) is 7.73. The van der Waals surface area contributed by atoms with E-state index in [1.807, 2.05) is 6.20 Å². The molecule has 2 heterocycles. The van der Waals surface area contributed by atoms with Crippen molar-refractivity contribution in [1.29, 1.82) is 0 Å². The van der Waals surface area contributed by atoms with E-state index in [9.17, 15) is 9.18 Å². The second-order valence-corrected chi connectivity index (χ2v) is 9.82. The summed E-state index contributed by atoms with van der Waals surface area (Å²) >= 11 is 0. The molecule has 6 heteroatoms. The van der Waals surface area contributed by atoms with Gasteiger partial charge < -0.3 is 5.32 Å². The number of nitrogens with one attached hydrogen (secondary N) is 2. The topological polar surface area (TPSA) is 61.0 Å². The number of aromatic nitrogens is 2. The number of halogens is 1. The largest absolute Gasteiger partial charge is 0.356 e. The summed E-state index contributed by atoms with van der Waals surface area (Å²) in [5, 5.41) is 10.5. The van der Waals surface area contributed by atoms with Crippen LogP contribution in [0, 0.1) is 17.2 Å². The Morgan fingerprint density at radius 3 is 2.78 bits per heavy atom. The number of carbonyl (C=O) groups excluding carboxylic acids is 1. The van der Waals surface area contributed by atoms with Gasteiger partial charge in [0, 0.05) is 30.1 Å². The third kappa shape index (κ3) is 4.65. The Morgan fingerprint density at radius 2 is 2.03 bits per heavy atom. The van der Waals surface area contributed by atoms with E-state index in [2.05, 4.69) is 26.5 Å². The van der Waals surface area contributed by atoms with Crippen LogP contribution in [-0.2, 0) is 11.3 Å². The van der Waals surface area contributed by atoms with Crippen molar-refractivity contribution in [2.24, 2.45) is 11.3 Å². The van der Waals surface area contributed by atoms with Gasteiger partial charge in [-0.25, -0.2) is 4.39 Å². The van der Waals surface area contributed by atoms with Crippen LogP contribution in [0.5, 0.6) is 0 Å². The lowest BCUT2D eigenvalue weighted by atomic mass is 9.90. The van der Waals surface area contributed by atoms with Crippen LogP contribution < -0.4 is 5.32 Å². The van der Waals surface area contributed by atoms with E-state index >= 15 is 0 Å². The van der Waals surface area contributed by atoms with Gasteiger partial charge in [0.25, 0.3) is 0 Å². The van der Waals surface area contributed by atoms with Crippen LogP contribution in [0.25, 0.3) is 11.3 Å². The molecule has 1 saturated heterocycles. The molecule has 1 amide bonds. The molecule has 2 aromatic rings. The number of amides is 1. The standard InChI is InChI=1S/C26H33FN4O/c27-22-8-6-20(7-9-22)24-21(17-29-30-24)18-31-14-11-26(12-15-31)16-23(26)25(32)28-13-10-19-4-2-1-3-5-19/h4,6-9,17,23H,1-3,5,10-16,18H2,(H,28,32)(H,29,30). The normalized spacial score (nSPS) is 22.5. The number of rotatable bonds is 7. The zero-order valence-corrected chi connectivity index (χ0v) is 18.7. The van der Waals surface area contributed by atoms with Crippen LogP contribution in [0.4, 0.5) is 4.39 Å². The summed E-state index contributed by atoms with van der Waals surface area (Å²) in [6, 6.07) is 6.54. The highest BCUT2D eigenvalue weighted by molar-refractivity contribution is 5.82. The van der Waals surface area contributed by atoms with Crippen LogP contribution in [0.2, 0.25) is 0 Å². The van der Waals surface area contributed by atoms with Gasteiger partial charge in [-0.1, -0.05) is 11.6 Å². The predicted octanol–water partition coefficient (Wildman–Crippen LogP) is 4.82. The number of allylic oxidation sites excluding steroid dienone is 1. The molecule has 1 spiro atoms. The van der Waals surface area contributed by atoms with Gasteiger partial charge >= 0.3 is 0 Å². The summed E-state index contributed by atoms with van der Waals surface area (Å²) in [4.78, 5) is 15.2. The predicted molar refractivity (Wildman–Crippen MR) is 123 cm³/mol. The highest BCUT2D eigenvalue weighted by atomic mass is 19.1. The average Bonchev–Trinajstić information content (AvgIpc) is 3.32. The van der Waals surface area contributed by atoms with Gasteiger partial charge in [0.1, 0.15) is 5.82 Å². The van der Waals surface area contributed by atoms with E-state index in [1.165, 1.54) is 43.4 Å². The molecule has 5 nitrogen and oxygen atoms in total. The van der Waals surface area contributed by atoms with Crippen molar-refractivity contribution in [3.63, 3.8) is 0 Å². The summed E-state index contributed by atoms with van der Waals surface area (Å²) < 4.78 is 13.3. The van der Waals surface area contributed by atoms with Crippen LogP contribution in [0.15, 0.2) is 42.1 Å². The minimum atomic E-state index is -0.231. The van der Waals surface area contributed by atoms with E-state index in [0.717, 1.165) is 68.7 Å². The first-order chi connectivity index (χ1) is 15.6. The Labute approximate surface area is 189 Å². The Morgan fingerprint density at radius 1 is 1.22 bits per heavy atom. The van der Waals surface area contributed by atoms with Crippen molar-refractivity contribution in [3.05, 3.63) is 53.5 Å². The highest BCUT2D eigenvalue weighted by Crippen LogP contribution is 2.59. The smallest absolute Gasteiger partial charge is 0.223 e. The Balaban J connectivity index is 1.09. The van der Waals surface area contributed by atoms with Gasteiger partial charge in [-0.2, -0.15) is 5.10 Å². The van der Waals surface area contributed by atoms with Crippen molar-refractivity contribution >= 4 is 5.91 Å². The van der Waals surface area contributed by atoms with E-state index in [0.29, 0.717) is 0 Å². The SMILES string of the molecule is O=C(NCCC1=CCCCC1)C1CC12CCN(Cc1cn[nH]c1-c1ccc(F)cc1)CC2. The number of H-pyrrole nitrogens is 1. The zero-order chi connectivity index (χ0) is 22.0.